The first-order chi connectivity index (χ1) is 13.6. The summed E-state index contributed by atoms with van der Waals surface area (Å²) >= 11 is 0. The SMILES string of the molecule is Cc1cccc(NC(=O)COc2ccc(CCNc3cc(C)ncn3)cc2)c1. The van der Waals surface area contributed by atoms with Gasteiger partial charge in [-0.25, -0.2) is 9.97 Å². The predicted molar refractivity (Wildman–Crippen MR) is 111 cm³/mol. The van der Waals surface area contributed by atoms with Gasteiger partial charge in [0.2, 0.25) is 0 Å². The van der Waals surface area contributed by atoms with Gasteiger partial charge in [0.1, 0.15) is 17.9 Å². The van der Waals surface area contributed by atoms with Gasteiger partial charge in [-0.3, -0.25) is 4.79 Å². The number of carbonyl (C=O) groups excluding carboxylic acids is 1. The molecule has 0 radical (unpaired) electrons. The third-order valence-electron chi connectivity index (χ3n) is 4.12. The Bertz CT molecular complexity index is 926. The first-order valence-electron chi connectivity index (χ1n) is 9.19. The number of hydrogen-bond donors (Lipinski definition) is 2. The minimum absolute atomic E-state index is 0.0259. The highest BCUT2D eigenvalue weighted by Crippen LogP contribution is 2.14. The van der Waals surface area contributed by atoms with Gasteiger partial charge in [-0.1, -0.05) is 24.3 Å². The summed E-state index contributed by atoms with van der Waals surface area (Å²) in [5.74, 6) is 1.31. The summed E-state index contributed by atoms with van der Waals surface area (Å²) < 4.78 is 5.57. The van der Waals surface area contributed by atoms with E-state index in [4.69, 9.17) is 4.74 Å². The van der Waals surface area contributed by atoms with Crippen LogP contribution in [0.3, 0.4) is 0 Å². The fraction of sp³-hybridized carbons (Fsp3) is 0.227. The normalized spacial score (nSPS) is 10.4. The summed E-state index contributed by atoms with van der Waals surface area (Å²) in [7, 11) is 0. The Morgan fingerprint density at radius 1 is 1.04 bits per heavy atom. The monoisotopic (exact) mass is 376 g/mol. The van der Waals surface area contributed by atoms with Crippen molar-refractivity contribution >= 4 is 17.4 Å². The first-order valence-corrected chi connectivity index (χ1v) is 9.19. The number of aryl methyl sites for hydroxylation is 2. The number of aromatic nitrogens is 2. The smallest absolute Gasteiger partial charge is 0.262 e. The predicted octanol–water partition coefficient (Wildman–Crippen LogP) is 3.77. The lowest BCUT2D eigenvalue weighted by molar-refractivity contribution is -0.118. The molecule has 3 aromatic rings. The summed E-state index contributed by atoms with van der Waals surface area (Å²) in [5, 5.41) is 6.11. The number of nitrogens with zero attached hydrogens (tertiary/aromatic N) is 2. The molecule has 1 aromatic heterocycles. The average Bonchev–Trinajstić information content (AvgIpc) is 2.67. The maximum atomic E-state index is 12.0. The molecule has 0 fully saturated rings. The molecule has 0 aliphatic rings. The van der Waals surface area contributed by atoms with Crippen LogP contribution in [-0.2, 0) is 11.2 Å². The Kier molecular flexibility index (Phi) is 6.57. The van der Waals surface area contributed by atoms with Gasteiger partial charge in [0.05, 0.1) is 0 Å². The zero-order chi connectivity index (χ0) is 19.8. The molecule has 6 nitrogen and oxygen atoms in total. The van der Waals surface area contributed by atoms with Gasteiger partial charge in [0.25, 0.3) is 5.91 Å². The molecule has 144 valence electrons. The zero-order valence-electron chi connectivity index (χ0n) is 16.1. The van der Waals surface area contributed by atoms with Crippen molar-refractivity contribution in [3.8, 4) is 5.75 Å². The van der Waals surface area contributed by atoms with Crippen LogP contribution in [0.2, 0.25) is 0 Å². The standard InChI is InChI=1S/C22H24N4O2/c1-16-4-3-5-19(12-16)26-22(27)14-28-20-8-6-18(7-9-20)10-11-23-21-13-17(2)24-15-25-21/h3-9,12-13,15H,10-11,14H2,1-2H3,(H,26,27)(H,23,24,25). The third kappa shape index (κ3) is 6.09. The molecule has 28 heavy (non-hydrogen) atoms. The molecule has 0 saturated carbocycles. The van der Waals surface area contributed by atoms with E-state index in [9.17, 15) is 4.79 Å². The van der Waals surface area contributed by atoms with Crippen LogP contribution in [0, 0.1) is 13.8 Å². The molecular formula is C22H24N4O2. The Balaban J connectivity index is 1.42. The van der Waals surface area contributed by atoms with Gasteiger partial charge in [0, 0.05) is 24.0 Å². The largest absolute Gasteiger partial charge is 0.484 e. The van der Waals surface area contributed by atoms with Gasteiger partial charge in [0.15, 0.2) is 6.61 Å². The van der Waals surface area contributed by atoms with Crippen molar-refractivity contribution in [2.45, 2.75) is 20.3 Å². The van der Waals surface area contributed by atoms with E-state index in [2.05, 4.69) is 20.6 Å². The van der Waals surface area contributed by atoms with Gasteiger partial charge >= 0.3 is 0 Å². The van der Waals surface area contributed by atoms with E-state index in [-0.39, 0.29) is 12.5 Å². The summed E-state index contributed by atoms with van der Waals surface area (Å²) in [6, 6.07) is 17.3. The van der Waals surface area contributed by atoms with Crippen LogP contribution in [0.15, 0.2) is 60.9 Å². The highest BCUT2D eigenvalue weighted by atomic mass is 16.5. The molecule has 3 rings (SSSR count). The molecular weight excluding hydrogens is 352 g/mol. The van der Waals surface area contributed by atoms with Crippen LogP contribution in [0.25, 0.3) is 0 Å². The lowest BCUT2D eigenvalue weighted by Crippen LogP contribution is -2.20. The molecule has 0 atom stereocenters. The van der Waals surface area contributed by atoms with Crippen LogP contribution < -0.4 is 15.4 Å². The van der Waals surface area contributed by atoms with Gasteiger partial charge in [-0.15, -0.1) is 0 Å². The second-order valence-electron chi connectivity index (χ2n) is 6.57. The Morgan fingerprint density at radius 2 is 1.86 bits per heavy atom. The second-order valence-corrected chi connectivity index (χ2v) is 6.57. The van der Waals surface area contributed by atoms with Crippen molar-refractivity contribution in [3.63, 3.8) is 0 Å². The topological polar surface area (TPSA) is 76.1 Å². The van der Waals surface area contributed by atoms with Crippen molar-refractivity contribution in [1.29, 1.82) is 0 Å². The van der Waals surface area contributed by atoms with E-state index < -0.39 is 0 Å². The van der Waals surface area contributed by atoms with E-state index in [0.717, 1.165) is 35.7 Å². The van der Waals surface area contributed by atoms with Gasteiger partial charge in [-0.2, -0.15) is 0 Å². The summed E-state index contributed by atoms with van der Waals surface area (Å²) in [4.78, 5) is 20.3. The lowest BCUT2D eigenvalue weighted by Gasteiger charge is -2.09. The molecule has 0 spiro atoms. The maximum absolute atomic E-state index is 12.0. The quantitative estimate of drug-likeness (QED) is 0.626. The van der Waals surface area contributed by atoms with Crippen molar-refractivity contribution < 1.29 is 9.53 Å². The molecule has 0 aliphatic carbocycles. The number of carbonyl (C=O) groups is 1. The van der Waals surface area contributed by atoms with Gasteiger partial charge in [-0.05, 0) is 55.7 Å². The highest BCUT2D eigenvalue weighted by Gasteiger charge is 2.04. The second kappa shape index (κ2) is 9.50. The van der Waals surface area contributed by atoms with Crippen molar-refractivity contribution in [2.75, 3.05) is 23.8 Å². The van der Waals surface area contributed by atoms with Crippen LogP contribution in [0.4, 0.5) is 11.5 Å². The molecule has 6 heteroatoms. The van der Waals surface area contributed by atoms with Crippen LogP contribution in [0.5, 0.6) is 5.75 Å². The minimum atomic E-state index is -0.181. The van der Waals surface area contributed by atoms with Crippen LogP contribution in [-0.4, -0.2) is 29.0 Å². The minimum Gasteiger partial charge on any atom is -0.484 e. The Labute approximate surface area is 165 Å². The number of hydrogen-bond acceptors (Lipinski definition) is 5. The molecule has 1 heterocycles. The first kappa shape index (κ1) is 19.4. The molecule has 0 bridgehead atoms. The average molecular weight is 376 g/mol. The van der Waals surface area contributed by atoms with Gasteiger partial charge < -0.3 is 15.4 Å². The zero-order valence-corrected chi connectivity index (χ0v) is 16.1. The van der Waals surface area contributed by atoms with E-state index in [1.807, 2.05) is 68.4 Å². The number of anilines is 2. The molecule has 0 unspecified atom stereocenters. The lowest BCUT2D eigenvalue weighted by atomic mass is 10.1. The van der Waals surface area contributed by atoms with Crippen molar-refractivity contribution in [3.05, 3.63) is 77.7 Å². The summed E-state index contributed by atoms with van der Waals surface area (Å²) in [6.45, 7) is 4.67. The fourth-order valence-corrected chi connectivity index (χ4v) is 2.71. The van der Waals surface area contributed by atoms with Crippen molar-refractivity contribution in [2.24, 2.45) is 0 Å². The summed E-state index contributed by atoms with van der Waals surface area (Å²) in [6.07, 6.45) is 2.41. The summed E-state index contributed by atoms with van der Waals surface area (Å²) in [5.41, 5.74) is 3.98. The number of ether oxygens (including phenoxy) is 1. The Morgan fingerprint density at radius 3 is 2.61 bits per heavy atom. The van der Waals surface area contributed by atoms with E-state index in [1.54, 1.807) is 6.33 Å². The molecule has 1 amide bonds. The number of nitrogens with one attached hydrogen (secondary N) is 2. The number of rotatable bonds is 8. The molecule has 0 saturated heterocycles. The van der Waals surface area contributed by atoms with E-state index in [1.165, 1.54) is 5.56 Å². The molecule has 2 N–H and O–H groups in total. The number of benzene rings is 2. The highest BCUT2D eigenvalue weighted by molar-refractivity contribution is 5.91. The molecule has 0 aliphatic heterocycles. The van der Waals surface area contributed by atoms with Crippen molar-refractivity contribution in [1.82, 2.24) is 9.97 Å². The fourth-order valence-electron chi connectivity index (χ4n) is 2.71. The van der Waals surface area contributed by atoms with Crippen LogP contribution >= 0.6 is 0 Å². The Hall–Kier alpha value is -3.41. The maximum Gasteiger partial charge on any atom is 0.262 e. The molecule has 2 aromatic carbocycles. The van der Waals surface area contributed by atoms with Crippen LogP contribution in [0.1, 0.15) is 16.8 Å². The third-order valence-corrected chi connectivity index (χ3v) is 4.12. The van der Waals surface area contributed by atoms with E-state index in [0.29, 0.717) is 5.75 Å². The van der Waals surface area contributed by atoms with E-state index >= 15 is 0 Å². The number of amides is 1.